The Bertz CT molecular complexity index is 1850. The molecule has 0 amide bonds. The number of allylic oxidation sites excluding steroid dienone is 1. The van der Waals surface area contributed by atoms with Crippen LogP contribution in [0, 0.1) is 12.3 Å². The first-order chi connectivity index (χ1) is 19.5. The molecule has 2 aliphatic heterocycles. The Morgan fingerprint density at radius 3 is 2.10 bits per heavy atom. The van der Waals surface area contributed by atoms with Crippen LogP contribution in [0.2, 0.25) is 0 Å². The fourth-order valence-corrected chi connectivity index (χ4v) is 7.64. The molecule has 2 heterocycles. The van der Waals surface area contributed by atoms with Gasteiger partial charge >= 0.3 is 5.97 Å². The van der Waals surface area contributed by atoms with Gasteiger partial charge in [-0.05, 0) is 54.3 Å². The molecule has 1 saturated heterocycles. The summed E-state index contributed by atoms with van der Waals surface area (Å²) in [5.74, 6) is -4.93. The number of aryl methyl sites for hydroxylation is 1. The third kappa shape index (κ3) is 2.71. The van der Waals surface area contributed by atoms with E-state index in [1.165, 1.54) is 12.1 Å². The Labute approximate surface area is 231 Å². The molecule has 1 spiro atoms. The first-order valence-electron chi connectivity index (χ1n) is 13.1. The molecule has 3 aliphatic carbocycles. The molecular weight excluding hydrogens is 532 g/mol. The van der Waals surface area contributed by atoms with E-state index in [2.05, 4.69) is 0 Å². The molecule has 0 radical (unpaired) electrons. The largest absolute Gasteiger partial charge is 0.507 e. The third-order valence-electron chi connectivity index (χ3n) is 9.40. The fraction of sp³-hybridized carbons (Fsp3) is 0.258. The van der Waals surface area contributed by atoms with Crippen LogP contribution in [0.5, 0.6) is 23.0 Å². The molecule has 3 aromatic carbocycles. The van der Waals surface area contributed by atoms with E-state index < -0.39 is 69.5 Å². The molecule has 5 N–H and O–H groups in total. The number of hydrogen-bond acceptors (Lipinski definition) is 10. The number of phenols is 4. The summed E-state index contributed by atoms with van der Waals surface area (Å²) in [6, 6.07) is 6.72. The highest BCUT2D eigenvalue weighted by molar-refractivity contribution is 6.31. The third-order valence-corrected chi connectivity index (χ3v) is 9.40. The van der Waals surface area contributed by atoms with E-state index in [-0.39, 0.29) is 41.0 Å². The van der Waals surface area contributed by atoms with Crippen molar-refractivity contribution in [1.29, 1.82) is 0 Å². The van der Waals surface area contributed by atoms with Crippen molar-refractivity contribution >= 4 is 17.5 Å². The smallest absolute Gasteiger partial charge is 0.342 e. The van der Waals surface area contributed by atoms with Crippen LogP contribution < -0.4 is 0 Å². The van der Waals surface area contributed by atoms with Crippen molar-refractivity contribution in [3.8, 4) is 23.0 Å². The van der Waals surface area contributed by atoms with Gasteiger partial charge in [-0.25, -0.2) is 4.79 Å². The number of benzene rings is 3. The number of carbonyl (C=O) groups excluding carboxylic acids is 3. The minimum Gasteiger partial charge on any atom is -0.507 e. The summed E-state index contributed by atoms with van der Waals surface area (Å²) in [4.78, 5) is 40.7. The molecule has 5 aliphatic rings. The van der Waals surface area contributed by atoms with Crippen molar-refractivity contribution in [3.05, 3.63) is 92.6 Å². The molecular formula is C31H22O10. The Morgan fingerprint density at radius 1 is 0.829 bits per heavy atom. The first-order valence-corrected chi connectivity index (χ1v) is 13.1. The zero-order valence-electron chi connectivity index (χ0n) is 21.5. The number of carbonyl (C=O) groups is 3. The zero-order chi connectivity index (χ0) is 28.7. The van der Waals surface area contributed by atoms with Gasteiger partial charge < -0.3 is 35.0 Å². The molecule has 0 aromatic heterocycles. The van der Waals surface area contributed by atoms with E-state index in [1.54, 1.807) is 25.1 Å². The van der Waals surface area contributed by atoms with Gasteiger partial charge in [0.1, 0.15) is 40.3 Å². The summed E-state index contributed by atoms with van der Waals surface area (Å²) >= 11 is 0. The summed E-state index contributed by atoms with van der Waals surface area (Å²) in [6.45, 7) is 1.96. The Kier molecular flexibility index (Phi) is 4.32. The van der Waals surface area contributed by atoms with Gasteiger partial charge in [0.15, 0.2) is 5.78 Å². The number of esters is 1. The van der Waals surface area contributed by atoms with Crippen molar-refractivity contribution in [1.82, 2.24) is 0 Å². The Morgan fingerprint density at radius 2 is 1.44 bits per heavy atom. The lowest BCUT2D eigenvalue weighted by atomic mass is 9.59. The standard InChI is InChI=1S/C31H22O10/c1-11-6-13-20(17(34)7-11)28(38)41-27(13)31-9-12-8-18(35)23-24(19(12)14(31)4-5-30(10-40-30)29(31)39)26(37)22-16(33)3-2-15(32)21(22)25(23)36/h2-8,14,27,29,32-35,39H,9-10H2,1H3/t14-,27?,29-,30?,31?/m1/s1. The van der Waals surface area contributed by atoms with E-state index in [0.717, 1.165) is 12.1 Å². The molecule has 8 rings (SSSR count). The molecule has 10 heteroatoms. The van der Waals surface area contributed by atoms with Gasteiger partial charge in [-0.3, -0.25) is 9.59 Å². The minimum atomic E-state index is -1.35. The predicted octanol–water partition coefficient (Wildman–Crippen LogP) is 2.83. The van der Waals surface area contributed by atoms with Crippen LogP contribution in [0.15, 0.2) is 42.5 Å². The molecule has 0 bridgehead atoms. The summed E-state index contributed by atoms with van der Waals surface area (Å²) < 4.78 is 11.6. The number of ketones is 2. The van der Waals surface area contributed by atoms with Gasteiger partial charge in [0.05, 0.1) is 34.8 Å². The number of ether oxygens (including phenoxy) is 2. The predicted molar refractivity (Wildman–Crippen MR) is 138 cm³/mol. The maximum Gasteiger partial charge on any atom is 0.342 e. The molecule has 3 aromatic rings. The second-order valence-corrected chi connectivity index (χ2v) is 11.5. The van der Waals surface area contributed by atoms with E-state index in [1.807, 2.05) is 0 Å². The topological polar surface area (TPSA) is 174 Å². The van der Waals surface area contributed by atoms with Crippen LogP contribution in [-0.4, -0.2) is 61.4 Å². The maximum atomic E-state index is 14.0. The van der Waals surface area contributed by atoms with Crippen LogP contribution in [0.3, 0.4) is 0 Å². The van der Waals surface area contributed by atoms with E-state index in [0.29, 0.717) is 22.3 Å². The van der Waals surface area contributed by atoms with Crippen molar-refractivity contribution in [3.63, 3.8) is 0 Å². The molecule has 41 heavy (non-hydrogen) atoms. The molecule has 1 fully saturated rings. The molecule has 5 atom stereocenters. The number of rotatable bonds is 1. The number of cyclic esters (lactones) is 1. The van der Waals surface area contributed by atoms with Gasteiger partial charge in [0.25, 0.3) is 0 Å². The SMILES string of the molecule is Cc1cc(O)c2c(c1)C(C13Cc4cc(O)c5c(c4[C@H]1C=CC1(CO1)[C@H]3O)C(=O)c1c(O)ccc(O)c1C5=O)OC2=O. The molecule has 206 valence electrons. The second-order valence-electron chi connectivity index (χ2n) is 11.5. The summed E-state index contributed by atoms with van der Waals surface area (Å²) in [7, 11) is 0. The lowest BCUT2D eigenvalue weighted by molar-refractivity contribution is -0.105. The fourth-order valence-electron chi connectivity index (χ4n) is 7.64. The number of fused-ring (bicyclic) bond motifs is 7. The average Bonchev–Trinajstić information content (AvgIpc) is 3.51. The van der Waals surface area contributed by atoms with Gasteiger partial charge in [0.2, 0.25) is 5.78 Å². The molecule has 3 unspecified atom stereocenters. The maximum absolute atomic E-state index is 14.0. The first kappa shape index (κ1) is 24.2. The van der Waals surface area contributed by atoms with Crippen LogP contribution >= 0.6 is 0 Å². The monoisotopic (exact) mass is 554 g/mol. The van der Waals surface area contributed by atoms with Crippen molar-refractivity contribution < 1.29 is 49.4 Å². The number of aliphatic hydroxyl groups is 1. The summed E-state index contributed by atoms with van der Waals surface area (Å²) in [5, 5.41) is 54.7. The van der Waals surface area contributed by atoms with Gasteiger partial charge in [-0.2, -0.15) is 0 Å². The quantitative estimate of drug-likeness (QED) is 0.102. The summed E-state index contributed by atoms with van der Waals surface area (Å²) in [6.07, 6.45) is 1.16. The average molecular weight is 555 g/mol. The molecule has 0 saturated carbocycles. The Hall–Kier alpha value is -4.67. The lowest BCUT2D eigenvalue weighted by Crippen LogP contribution is -2.53. The number of epoxide rings is 1. The van der Waals surface area contributed by atoms with E-state index in [9.17, 15) is 39.9 Å². The van der Waals surface area contributed by atoms with Crippen molar-refractivity contribution in [2.24, 2.45) is 5.41 Å². The van der Waals surface area contributed by atoms with E-state index >= 15 is 0 Å². The van der Waals surface area contributed by atoms with E-state index in [4.69, 9.17) is 9.47 Å². The zero-order valence-corrected chi connectivity index (χ0v) is 21.5. The van der Waals surface area contributed by atoms with Gasteiger partial charge in [-0.1, -0.05) is 18.2 Å². The van der Waals surface area contributed by atoms with Gasteiger partial charge in [-0.15, -0.1) is 0 Å². The number of aromatic hydroxyl groups is 4. The highest BCUT2D eigenvalue weighted by Gasteiger charge is 2.70. The van der Waals surface area contributed by atoms with Gasteiger partial charge in [0, 0.05) is 17.0 Å². The molecule has 10 nitrogen and oxygen atoms in total. The normalized spacial score (nSPS) is 30.0. The Balaban J connectivity index is 1.41. The summed E-state index contributed by atoms with van der Waals surface area (Å²) in [5.41, 5.74) is -1.84. The highest BCUT2D eigenvalue weighted by Crippen LogP contribution is 2.67. The van der Waals surface area contributed by atoms with Crippen LogP contribution in [-0.2, 0) is 15.9 Å². The van der Waals surface area contributed by atoms with Crippen LogP contribution in [0.4, 0.5) is 0 Å². The highest BCUT2D eigenvalue weighted by atomic mass is 16.6. The van der Waals surface area contributed by atoms with Crippen molar-refractivity contribution in [2.45, 2.75) is 37.1 Å². The van der Waals surface area contributed by atoms with Crippen LogP contribution in [0.1, 0.15) is 76.5 Å². The number of aliphatic hydroxyl groups excluding tert-OH is 1. The van der Waals surface area contributed by atoms with Crippen molar-refractivity contribution in [2.75, 3.05) is 6.61 Å². The van der Waals surface area contributed by atoms with Crippen LogP contribution in [0.25, 0.3) is 0 Å². The second kappa shape index (κ2) is 7.34. The lowest BCUT2D eigenvalue weighted by Gasteiger charge is -2.47. The number of phenolic OH excluding ortho intramolecular Hbond substituents is 4. The minimum absolute atomic E-state index is 0.0114. The number of hydrogen-bond donors (Lipinski definition) is 5.